The summed E-state index contributed by atoms with van der Waals surface area (Å²) in [4.78, 5) is 17.8. The van der Waals surface area contributed by atoms with Gasteiger partial charge >= 0.3 is 0 Å². The van der Waals surface area contributed by atoms with E-state index >= 15 is 0 Å². The van der Waals surface area contributed by atoms with Crippen molar-refractivity contribution in [3.63, 3.8) is 0 Å². The molecule has 3 N–H and O–H groups in total. The summed E-state index contributed by atoms with van der Waals surface area (Å²) in [6.07, 6.45) is -0.111. The van der Waals surface area contributed by atoms with E-state index in [1.54, 1.807) is 7.11 Å². The molecule has 2 aromatic carbocycles. The highest BCUT2D eigenvalue weighted by Crippen LogP contribution is 2.38. The van der Waals surface area contributed by atoms with Crippen LogP contribution in [-0.4, -0.2) is 61.0 Å². The van der Waals surface area contributed by atoms with E-state index in [9.17, 15) is 15.0 Å². The molecule has 0 saturated carbocycles. The number of anilines is 1. The molecule has 2 aromatic rings. The van der Waals surface area contributed by atoms with Gasteiger partial charge in [-0.25, -0.2) is 0 Å². The summed E-state index contributed by atoms with van der Waals surface area (Å²) >= 11 is 0. The van der Waals surface area contributed by atoms with Crippen molar-refractivity contribution >= 4 is 29.0 Å². The van der Waals surface area contributed by atoms with Crippen LogP contribution in [0.2, 0.25) is 0 Å². The Labute approximate surface area is 218 Å². The molecule has 0 saturated heterocycles. The summed E-state index contributed by atoms with van der Waals surface area (Å²) in [6, 6.07) is 13.5. The molecule has 0 fully saturated rings. The van der Waals surface area contributed by atoms with E-state index in [0.29, 0.717) is 5.69 Å². The van der Waals surface area contributed by atoms with E-state index in [1.807, 2.05) is 56.3 Å². The highest BCUT2D eigenvalue weighted by molar-refractivity contribution is 5.98. The molecule has 0 bridgehead atoms. The second-order valence-electron chi connectivity index (χ2n) is 9.41. The zero-order valence-electron chi connectivity index (χ0n) is 22.0. The van der Waals surface area contributed by atoms with Crippen LogP contribution in [0.3, 0.4) is 0 Å². The first-order valence-corrected chi connectivity index (χ1v) is 12.2. The lowest BCUT2D eigenvalue weighted by molar-refractivity contribution is -0.120. The van der Waals surface area contributed by atoms with Gasteiger partial charge in [0.05, 0.1) is 13.2 Å². The fraction of sp³-hybridized carbons (Fsp3) is 0.379. The number of fused-ring (bicyclic) bond motifs is 1. The molecule has 1 amide bonds. The van der Waals surface area contributed by atoms with E-state index in [2.05, 4.69) is 23.1 Å². The number of hydrogen-bond donors (Lipinski definition) is 3. The number of carbonyl (C=O) groups is 1. The SMILES string of the molecule is C=C1Cc2ccc(NC(=O)CO/N=C(/[C@@H](OC)C(C)C)[C@@H](O)[C@@H](C)O)cc2/C1=C/c1ccc(OC)cc1. The zero-order valence-corrected chi connectivity index (χ0v) is 22.0. The number of aliphatic hydroxyl groups is 2. The fourth-order valence-electron chi connectivity index (χ4n) is 4.24. The number of carbonyl (C=O) groups excluding carboxylic acids is 1. The van der Waals surface area contributed by atoms with E-state index in [4.69, 9.17) is 14.3 Å². The number of methoxy groups -OCH3 is 2. The molecule has 0 unspecified atom stereocenters. The molecule has 0 spiro atoms. The molecule has 1 aliphatic rings. The van der Waals surface area contributed by atoms with Crippen molar-refractivity contribution < 1.29 is 29.3 Å². The van der Waals surface area contributed by atoms with Crippen LogP contribution in [-0.2, 0) is 20.8 Å². The number of amides is 1. The maximum absolute atomic E-state index is 12.6. The minimum Gasteiger partial charge on any atom is -0.497 e. The topological polar surface area (TPSA) is 110 Å². The summed E-state index contributed by atoms with van der Waals surface area (Å²) in [6.45, 7) is 9.08. The van der Waals surface area contributed by atoms with Crippen LogP contribution in [0.25, 0.3) is 11.6 Å². The van der Waals surface area contributed by atoms with Gasteiger partial charge in [-0.15, -0.1) is 0 Å². The van der Waals surface area contributed by atoms with E-state index < -0.39 is 24.2 Å². The average molecular weight is 509 g/mol. The normalized spacial score (nSPS) is 16.9. The zero-order chi connectivity index (χ0) is 27.1. The van der Waals surface area contributed by atoms with Crippen LogP contribution in [0.1, 0.15) is 37.5 Å². The molecule has 0 heterocycles. The van der Waals surface area contributed by atoms with Gasteiger partial charge in [0, 0.05) is 12.8 Å². The van der Waals surface area contributed by atoms with Crippen molar-refractivity contribution in [2.45, 2.75) is 45.5 Å². The van der Waals surface area contributed by atoms with E-state index in [-0.39, 0.29) is 18.2 Å². The molecule has 8 nitrogen and oxygen atoms in total. The standard InChI is InChI=1S/C29H36N2O6/c1-17(2)29(36-6)27(28(34)19(4)32)31-37-16-26(33)30-22-10-9-21-13-18(3)24(25(21)15-22)14-20-7-11-23(35-5)12-8-20/h7-12,14-15,17,19,28-29,32,34H,3,13,16H2,1-2,4-6H3,(H,30,33)/b24-14+,31-27+/t19-,28+,29+/m1/s1. The predicted molar refractivity (Wildman–Crippen MR) is 145 cm³/mol. The molecule has 3 rings (SSSR count). The number of hydrogen-bond acceptors (Lipinski definition) is 7. The Kier molecular flexibility index (Phi) is 9.63. The molecule has 0 radical (unpaired) electrons. The van der Waals surface area contributed by atoms with Crippen molar-refractivity contribution in [2.75, 3.05) is 26.1 Å². The summed E-state index contributed by atoms with van der Waals surface area (Å²) in [5, 5.41) is 26.9. The van der Waals surface area contributed by atoms with E-state index in [0.717, 1.165) is 40.0 Å². The van der Waals surface area contributed by atoms with Crippen LogP contribution >= 0.6 is 0 Å². The van der Waals surface area contributed by atoms with Gasteiger partial charge in [0.1, 0.15) is 23.7 Å². The van der Waals surface area contributed by atoms with Crippen LogP contribution in [0.15, 0.2) is 59.8 Å². The number of aliphatic hydroxyl groups excluding tert-OH is 2. The number of benzene rings is 2. The maximum atomic E-state index is 12.6. The first-order chi connectivity index (χ1) is 17.6. The molecule has 1 aliphatic carbocycles. The predicted octanol–water partition coefficient (Wildman–Crippen LogP) is 4.07. The maximum Gasteiger partial charge on any atom is 0.265 e. The van der Waals surface area contributed by atoms with Crippen molar-refractivity contribution in [2.24, 2.45) is 11.1 Å². The highest BCUT2D eigenvalue weighted by Gasteiger charge is 2.30. The first kappa shape index (κ1) is 28.1. The lowest BCUT2D eigenvalue weighted by Gasteiger charge is -2.25. The first-order valence-electron chi connectivity index (χ1n) is 12.2. The Morgan fingerprint density at radius 1 is 1.14 bits per heavy atom. The molecule has 0 aliphatic heterocycles. The lowest BCUT2D eigenvalue weighted by Crippen LogP contribution is -2.42. The number of ether oxygens (including phenoxy) is 2. The minimum absolute atomic E-state index is 0.0316. The quantitative estimate of drug-likeness (QED) is 0.312. The van der Waals surface area contributed by atoms with Crippen molar-refractivity contribution in [3.05, 3.63) is 71.3 Å². The molecule has 3 atom stereocenters. The average Bonchev–Trinajstić information content (AvgIpc) is 3.17. The van der Waals surface area contributed by atoms with Crippen molar-refractivity contribution in [1.82, 2.24) is 0 Å². The van der Waals surface area contributed by atoms with Gasteiger partial charge in [-0.05, 0) is 77.4 Å². The third kappa shape index (κ3) is 7.07. The van der Waals surface area contributed by atoms with Gasteiger partial charge in [0.25, 0.3) is 5.91 Å². The van der Waals surface area contributed by atoms with Gasteiger partial charge < -0.3 is 29.8 Å². The third-order valence-electron chi connectivity index (χ3n) is 6.17. The summed E-state index contributed by atoms with van der Waals surface area (Å²) in [5.41, 5.74) is 5.95. The number of oxime groups is 1. The highest BCUT2D eigenvalue weighted by atomic mass is 16.6. The van der Waals surface area contributed by atoms with Crippen molar-refractivity contribution in [1.29, 1.82) is 0 Å². The fourth-order valence-corrected chi connectivity index (χ4v) is 4.24. The smallest absolute Gasteiger partial charge is 0.265 e. The second-order valence-corrected chi connectivity index (χ2v) is 9.41. The van der Waals surface area contributed by atoms with Crippen LogP contribution in [0.4, 0.5) is 5.69 Å². The van der Waals surface area contributed by atoms with Crippen LogP contribution in [0, 0.1) is 5.92 Å². The van der Waals surface area contributed by atoms with E-state index in [1.165, 1.54) is 14.0 Å². The minimum atomic E-state index is -1.28. The van der Waals surface area contributed by atoms with Gasteiger partial charge in [0.2, 0.25) is 0 Å². The van der Waals surface area contributed by atoms with Crippen molar-refractivity contribution in [3.8, 4) is 5.75 Å². The molecule has 0 aromatic heterocycles. The van der Waals surface area contributed by atoms with Crippen LogP contribution < -0.4 is 10.1 Å². The largest absolute Gasteiger partial charge is 0.497 e. The number of allylic oxidation sites excluding steroid dienone is 2. The lowest BCUT2D eigenvalue weighted by atomic mass is 9.96. The molecule has 198 valence electrons. The van der Waals surface area contributed by atoms with Gasteiger partial charge in [0.15, 0.2) is 6.61 Å². The summed E-state index contributed by atoms with van der Waals surface area (Å²) in [7, 11) is 3.12. The van der Waals surface area contributed by atoms with Crippen LogP contribution in [0.5, 0.6) is 5.75 Å². The monoisotopic (exact) mass is 508 g/mol. The molecular weight excluding hydrogens is 472 g/mol. The third-order valence-corrected chi connectivity index (χ3v) is 6.17. The number of rotatable bonds is 11. The number of nitrogens with zero attached hydrogens (tertiary/aromatic N) is 1. The van der Waals surface area contributed by atoms with Gasteiger partial charge in [-0.3, -0.25) is 4.79 Å². The van der Waals surface area contributed by atoms with Gasteiger partial charge in [-0.2, -0.15) is 0 Å². The summed E-state index contributed by atoms with van der Waals surface area (Å²) in [5.74, 6) is 0.348. The Bertz CT molecular complexity index is 1170. The Morgan fingerprint density at radius 2 is 1.84 bits per heavy atom. The molecule has 37 heavy (non-hydrogen) atoms. The Balaban J connectivity index is 1.72. The Hall–Kier alpha value is -3.46. The molecule has 8 heteroatoms. The Morgan fingerprint density at radius 3 is 2.43 bits per heavy atom. The van der Waals surface area contributed by atoms with Gasteiger partial charge in [-0.1, -0.05) is 43.8 Å². The summed E-state index contributed by atoms with van der Waals surface area (Å²) < 4.78 is 10.6. The number of nitrogens with one attached hydrogen (secondary N) is 1. The molecular formula is C29H36N2O6. The second kappa shape index (κ2) is 12.7.